The van der Waals surface area contributed by atoms with Crippen molar-refractivity contribution in [2.45, 2.75) is 38.0 Å². The number of hydrogen-bond acceptors (Lipinski definition) is 7. The SMILES string of the molecule is COc1cc2c(Oc3ccc(NS(=O)(=O)c4ccccc4C)cc3F)ccnc2cc1OCCCN1CCCC(C)C1. The maximum atomic E-state index is 15.1. The lowest BCUT2D eigenvalue weighted by Gasteiger charge is -2.30. The van der Waals surface area contributed by atoms with Gasteiger partial charge in [0.2, 0.25) is 0 Å². The first kappa shape index (κ1) is 29.6. The summed E-state index contributed by atoms with van der Waals surface area (Å²) in [5.41, 5.74) is 1.28. The lowest BCUT2D eigenvalue weighted by atomic mass is 10.0. The summed E-state index contributed by atoms with van der Waals surface area (Å²) >= 11 is 0. The molecule has 10 heteroatoms. The van der Waals surface area contributed by atoms with Gasteiger partial charge in [0.25, 0.3) is 10.0 Å². The van der Waals surface area contributed by atoms with Gasteiger partial charge in [-0.3, -0.25) is 9.71 Å². The fourth-order valence-electron chi connectivity index (χ4n) is 5.28. The lowest BCUT2D eigenvalue weighted by molar-refractivity contribution is 0.169. The normalized spacial score (nSPS) is 15.9. The molecule has 222 valence electrons. The van der Waals surface area contributed by atoms with Gasteiger partial charge in [0.05, 0.1) is 29.8 Å². The Hall–Kier alpha value is -3.89. The van der Waals surface area contributed by atoms with Gasteiger partial charge in [-0.1, -0.05) is 25.1 Å². The van der Waals surface area contributed by atoms with Gasteiger partial charge < -0.3 is 19.1 Å². The zero-order chi connectivity index (χ0) is 29.7. The summed E-state index contributed by atoms with van der Waals surface area (Å²) in [6, 6.07) is 15.7. The van der Waals surface area contributed by atoms with Crippen molar-refractivity contribution in [1.29, 1.82) is 0 Å². The van der Waals surface area contributed by atoms with Crippen LogP contribution in [0.1, 0.15) is 31.7 Å². The van der Waals surface area contributed by atoms with Crippen molar-refractivity contribution >= 4 is 26.6 Å². The van der Waals surface area contributed by atoms with Crippen LogP contribution < -0.4 is 18.9 Å². The van der Waals surface area contributed by atoms with Gasteiger partial charge in [-0.25, -0.2) is 12.8 Å². The first-order chi connectivity index (χ1) is 20.2. The van der Waals surface area contributed by atoms with Gasteiger partial charge in [0, 0.05) is 36.8 Å². The van der Waals surface area contributed by atoms with Crippen LogP contribution in [0.3, 0.4) is 0 Å². The molecule has 1 aromatic heterocycles. The van der Waals surface area contributed by atoms with Crippen LogP contribution >= 0.6 is 0 Å². The Labute approximate surface area is 246 Å². The van der Waals surface area contributed by atoms with Crippen LogP contribution in [0.2, 0.25) is 0 Å². The van der Waals surface area contributed by atoms with Crippen molar-refractivity contribution in [2.24, 2.45) is 5.92 Å². The molecular weight excluding hydrogens is 557 g/mol. The van der Waals surface area contributed by atoms with E-state index in [1.165, 1.54) is 31.0 Å². The van der Waals surface area contributed by atoms with Crippen molar-refractivity contribution in [3.05, 3.63) is 78.2 Å². The molecule has 1 fully saturated rings. The smallest absolute Gasteiger partial charge is 0.262 e. The van der Waals surface area contributed by atoms with Crippen LogP contribution in [0.15, 0.2) is 71.8 Å². The summed E-state index contributed by atoms with van der Waals surface area (Å²) in [4.78, 5) is 7.07. The molecule has 3 aromatic carbocycles. The number of likely N-dealkylation sites (tertiary alicyclic amines) is 1. The molecule has 0 aliphatic carbocycles. The molecule has 1 N–H and O–H groups in total. The maximum Gasteiger partial charge on any atom is 0.262 e. The van der Waals surface area contributed by atoms with Gasteiger partial charge in [0.15, 0.2) is 23.1 Å². The number of aromatic nitrogens is 1. The van der Waals surface area contributed by atoms with Gasteiger partial charge in [-0.15, -0.1) is 0 Å². The predicted molar refractivity (Wildman–Crippen MR) is 162 cm³/mol. The highest BCUT2D eigenvalue weighted by atomic mass is 32.2. The standard InChI is InChI=1S/C32H36FN3O5S/c1-22-8-6-15-36(21-22)16-7-17-40-31-20-27-25(19-30(31)39-3)28(13-14-34-27)41-29-12-11-24(18-26(29)33)35-42(37,38)32-10-5-4-9-23(32)2/h4-5,9-14,18-20,22,35H,6-8,15-17,21H2,1-3H3. The molecule has 5 rings (SSSR count). The molecule has 0 bridgehead atoms. The molecule has 2 heterocycles. The molecule has 0 amide bonds. The Morgan fingerprint density at radius 2 is 1.88 bits per heavy atom. The fourth-order valence-corrected chi connectivity index (χ4v) is 6.58. The molecule has 1 atom stereocenters. The number of pyridine rings is 1. The van der Waals surface area contributed by atoms with Gasteiger partial charge in [-0.05, 0) is 74.5 Å². The van der Waals surface area contributed by atoms with Crippen molar-refractivity contribution in [2.75, 3.05) is 38.1 Å². The minimum atomic E-state index is -3.88. The first-order valence-corrected chi connectivity index (χ1v) is 15.6. The largest absolute Gasteiger partial charge is 0.493 e. The summed E-state index contributed by atoms with van der Waals surface area (Å²) in [6.45, 7) is 7.82. The number of rotatable bonds is 11. The number of piperidine rings is 1. The number of sulfonamides is 1. The van der Waals surface area contributed by atoms with Crippen molar-refractivity contribution in [3.63, 3.8) is 0 Å². The Morgan fingerprint density at radius 1 is 1.05 bits per heavy atom. The number of anilines is 1. The number of benzene rings is 3. The fraction of sp³-hybridized carbons (Fsp3) is 0.344. The second-order valence-corrected chi connectivity index (χ2v) is 12.3. The topological polar surface area (TPSA) is 90.0 Å². The van der Waals surface area contributed by atoms with Crippen molar-refractivity contribution < 1.29 is 27.0 Å². The molecule has 8 nitrogen and oxygen atoms in total. The summed E-state index contributed by atoms with van der Waals surface area (Å²) in [6.07, 6.45) is 5.03. The Morgan fingerprint density at radius 3 is 2.64 bits per heavy atom. The zero-order valence-electron chi connectivity index (χ0n) is 24.1. The minimum absolute atomic E-state index is 0.0623. The van der Waals surface area contributed by atoms with Crippen LogP contribution in [-0.2, 0) is 10.0 Å². The third kappa shape index (κ3) is 6.94. The minimum Gasteiger partial charge on any atom is -0.493 e. The van der Waals surface area contributed by atoms with E-state index in [4.69, 9.17) is 14.2 Å². The van der Waals surface area contributed by atoms with Gasteiger partial charge in [-0.2, -0.15) is 0 Å². The average Bonchev–Trinajstić information content (AvgIpc) is 2.96. The van der Waals surface area contributed by atoms with E-state index >= 15 is 4.39 Å². The van der Waals surface area contributed by atoms with E-state index in [1.54, 1.807) is 56.6 Å². The van der Waals surface area contributed by atoms with Crippen LogP contribution in [0.4, 0.5) is 10.1 Å². The number of aryl methyl sites for hydroxylation is 1. The molecular formula is C32H36FN3O5S. The number of ether oxygens (including phenoxy) is 3. The van der Waals surface area contributed by atoms with E-state index in [0.29, 0.717) is 40.3 Å². The maximum absolute atomic E-state index is 15.1. The number of nitrogens with one attached hydrogen (secondary N) is 1. The molecule has 0 spiro atoms. The van der Waals surface area contributed by atoms with Crippen LogP contribution in [0, 0.1) is 18.7 Å². The highest BCUT2D eigenvalue weighted by Crippen LogP contribution is 2.38. The Bertz CT molecular complexity index is 1660. The highest BCUT2D eigenvalue weighted by Gasteiger charge is 2.19. The van der Waals surface area contributed by atoms with E-state index in [9.17, 15) is 8.42 Å². The number of hydrogen-bond donors (Lipinski definition) is 1. The summed E-state index contributed by atoms with van der Waals surface area (Å²) < 4.78 is 60.8. The quantitative estimate of drug-likeness (QED) is 0.192. The molecule has 1 saturated heterocycles. The average molecular weight is 594 g/mol. The second-order valence-electron chi connectivity index (χ2n) is 10.7. The second kappa shape index (κ2) is 13.0. The van der Waals surface area contributed by atoms with Crippen molar-refractivity contribution in [1.82, 2.24) is 9.88 Å². The number of fused-ring (bicyclic) bond motifs is 1. The number of halogens is 1. The lowest BCUT2D eigenvalue weighted by Crippen LogP contribution is -2.35. The van der Waals surface area contributed by atoms with E-state index in [2.05, 4.69) is 21.5 Å². The summed E-state index contributed by atoms with van der Waals surface area (Å²) in [5, 5.41) is 0.618. The summed E-state index contributed by atoms with van der Waals surface area (Å²) in [5.74, 6) is 1.43. The monoisotopic (exact) mass is 593 g/mol. The van der Waals surface area contributed by atoms with E-state index in [0.717, 1.165) is 38.0 Å². The molecule has 4 aromatic rings. The molecule has 1 unspecified atom stereocenters. The third-order valence-corrected chi connectivity index (χ3v) is 8.93. The van der Waals surface area contributed by atoms with Gasteiger partial charge in [0.1, 0.15) is 5.75 Å². The number of nitrogens with zero attached hydrogens (tertiary/aromatic N) is 2. The molecule has 1 aliphatic heterocycles. The number of methoxy groups -OCH3 is 1. The van der Waals surface area contributed by atoms with Crippen LogP contribution in [0.25, 0.3) is 10.9 Å². The van der Waals surface area contributed by atoms with E-state index in [1.807, 2.05) is 0 Å². The predicted octanol–water partition coefficient (Wildman–Crippen LogP) is 6.78. The first-order valence-electron chi connectivity index (χ1n) is 14.1. The molecule has 0 saturated carbocycles. The zero-order valence-corrected chi connectivity index (χ0v) is 24.9. The summed E-state index contributed by atoms with van der Waals surface area (Å²) in [7, 11) is -2.32. The van der Waals surface area contributed by atoms with E-state index in [-0.39, 0.29) is 16.3 Å². The van der Waals surface area contributed by atoms with E-state index < -0.39 is 15.8 Å². The van der Waals surface area contributed by atoms with Gasteiger partial charge >= 0.3 is 0 Å². The highest BCUT2D eigenvalue weighted by molar-refractivity contribution is 7.92. The third-order valence-electron chi connectivity index (χ3n) is 7.39. The van der Waals surface area contributed by atoms with Crippen LogP contribution in [-0.4, -0.2) is 51.7 Å². The molecule has 0 radical (unpaired) electrons. The Balaban J connectivity index is 1.29. The van der Waals surface area contributed by atoms with Crippen molar-refractivity contribution in [3.8, 4) is 23.0 Å². The Kier molecular flexibility index (Phi) is 9.13. The van der Waals surface area contributed by atoms with Crippen LogP contribution in [0.5, 0.6) is 23.0 Å². The molecule has 1 aliphatic rings. The molecule has 42 heavy (non-hydrogen) atoms.